The van der Waals surface area contributed by atoms with E-state index in [2.05, 4.69) is 28.1 Å². The van der Waals surface area contributed by atoms with Crippen LogP contribution in [0.2, 0.25) is 0 Å². The molecule has 1 aromatic heterocycles. The lowest BCUT2D eigenvalue weighted by Gasteiger charge is -2.30. The first kappa shape index (κ1) is 18.8. The molecule has 1 amide bonds. The van der Waals surface area contributed by atoms with Gasteiger partial charge in [0, 0.05) is 11.6 Å². The average molecular weight is 389 g/mol. The first-order valence-electron chi connectivity index (χ1n) is 8.94. The summed E-state index contributed by atoms with van der Waals surface area (Å²) in [4.78, 5) is 17.6. The molecule has 1 aliphatic rings. The van der Waals surface area contributed by atoms with Crippen LogP contribution in [0.15, 0.2) is 30.3 Å². The summed E-state index contributed by atoms with van der Waals surface area (Å²) in [5.74, 6) is 0.374. The van der Waals surface area contributed by atoms with Crippen molar-refractivity contribution >= 4 is 34.6 Å². The molecule has 2 atom stereocenters. The lowest BCUT2D eigenvalue weighted by atomic mass is 9.86. The van der Waals surface area contributed by atoms with Crippen LogP contribution in [0.5, 0.6) is 0 Å². The van der Waals surface area contributed by atoms with Gasteiger partial charge in [0.15, 0.2) is 5.11 Å². The van der Waals surface area contributed by atoms with Crippen molar-refractivity contribution in [3.63, 3.8) is 0 Å². The third-order valence-electron chi connectivity index (χ3n) is 4.74. The molecule has 0 aliphatic heterocycles. The van der Waals surface area contributed by atoms with E-state index in [0.717, 1.165) is 17.0 Å². The number of benzene rings is 1. The van der Waals surface area contributed by atoms with E-state index in [9.17, 15) is 4.79 Å². The molecule has 1 aliphatic carbocycles. The molecule has 0 unspecified atom stereocenters. The maximum atomic E-state index is 12.5. The highest BCUT2D eigenvalue weighted by molar-refractivity contribution is 7.80. The highest BCUT2D eigenvalue weighted by atomic mass is 32.1. The van der Waals surface area contributed by atoms with Crippen LogP contribution < -0.4 is 16.2 Å². The minimum atomic E-state index is -0.219. The van der Waals surface area contributed by atoms with Crippen molar-refractivity contribution in [1.82, 2.24) is 21.2 Å². The number of amides is 1. The Balaban J connectivity index is 1.56. The number of nitrogens with one attached hydrogen (secondary N) is 3. The first-order valence-corrected chi connectivity index (χ1v) is 10.2. The van der Waals surface area contributed by atoms with E-state index in [0.29, 0.717) is 27.6 Å². The SMILES string of the molecule is Cc1nc(-c2ccccc2)sc1C(=O)NNC(=S)N[C@@H]1CCCC[C@@H]1C. The Hall–Kier alpha value is -1.99. The molecule has 3 N–H and O–H groups in total. The van der Waals surface area contributed by atoms with E-state index in [1.54, 1.807) is 0 Å². The Labute approximate surface area is 163 Å². The maximum Gasteiger partial charge on any atom is 0.281 e. The minimum absolute atomic E-state index is 0.219. The van der Waals surface area contributed by atoms with Crippen molar-refractivity contribution in [2.24, 2.45) is 5.92 Å². The zero-order chi connectivity index (χ0) is 18.5. The lowest BCUT2D eigenvalue weighted by molar-refractivity contribution is 0.0946. The van der Waals surface area contributed by atoms with Crippen molar-refractivity contribution in [2.75, 3.05) is 0 Å². The monoisotopic (exact) mass is 388 g/mol. The Kier molecular flexibility index (Phi) is 6.21. The van der Waals surface area contributed by atoms with Gasteiger partial charge >= 0.3 is 0 Å². The second kappa shape index (κ2) is 8.60. The molecule has 0 radical (unpaired) electrons. The summed E-state index contributed by atoms with van der Waals surface area (Å²) < 4.78 is 0. The molecular formula is C19H24N4OS2. The number of hydrogen-bond donors (Lipinski definition) is 3. The number of aromatic nitrogens is 1. The second-order valence-electron chi connectivity index (χ2n) is 6.72. The average Bonchev–Trinajstić information content (AvgIpc) is 3.04. The van der Waals surface area contributed by atoms with Crippen molar-refractivity contribution in [1.29, 1.82) is 0 Å². The van der Waals surface area contributed by atoms with Crippen LogP contribution in [-0.2, 0) is 0 Å². The van der Waals surface area contributed by atoms with Crippen molar-refractivity contribution in [2.45, 2.75) is 45.6 Å². The van der Waals surface area contributed by atoms with Crippen molar-refractivity contribution < 1.29 is 4.79 Å². The van der Waals surface area contributed by atoms with Crippen molar-refractivity contribution in [3.8, 4) is 10.6 Å². The number of carbonyl (C=O) groups is 1. The second-order valence-corrected chi connectivity index (χ2v) is 8.13. The number of thiocarbonyl (C=S) groups is 1. The first-order chi connectivity index (χ1) is 12.5. The molecule has 1 fully saturated rings. The van der Waals surface area contributed by atoms with Gasteiger partial charge in [-0.05, 0) is 37.9 Å². The fourth-order valence-corrected chi connectivity index (χ4v) is 4.39. The third kappa shape index (κ3) is 4.59. The zero-order valence-electron chi connectivity index (χ0n) is 15.0. The van der Waals surface area contributed by atoms with Crippen LogP contribution in [0.4, 0.5) is 0 Å². The Morgan fingerprint density at radius 3 is 2.65 bits per heavy atom. The summed E-state index contributed by atoms with van der Waals surface area (Å²) in [6, 6.07) is 10.2. The summed E-state index contributed by atoms with van der Waals surface area (Å²) >= 11 is 6.70. The van der Waals surface area contributed by atoms with Gasteiger partial charge in [-0.25, -0.2) is 4.98 Å². The third-order valence-corrected chi connectivity index (χ3v) is 6.17. The molecule has 138 valence electrons. The van der Waals surface area contributed by atoms with E-state index in [-0.39, 0.29) is 5.91 Å². The van der Waals surface area contributed by atoms with Gasteiger partial charge in [0.05, 0.1) is 5.69 Å². The van der Waals surface area contributed by atoms with Crippen LogP contribution in [0.25, 0.3) is 10.6 Å². The van der Waals surface area contributed by atoms with Gasteiger partial charge in [-0.2, -0.15) is 0 Å². The molecule has 1 heterocycles. The molecule has 26 heavy (non-hydrogen) atoms. The summed E-state index contributed by atoms with van der Waals surface area (Å²) in [6.07, 6.45) is 4.84. The van der Waals surface area contributed by atoms with Gasteiger partial charge in [-0.3, -0.25) is 15.6 Å². The molecule has 1 aromatic carbocycles. The molecule has 7 heteroatoms. The smallest absolute Gasteiger partial charge is 0.281 e. The number of thiazole rings is 1. The molecule has 1 saturated carbocycles. The largest absolute Gasteiger partial charge is 0.358 e. The van der Waals surface area contributed by atoms with Crippen LogP contribution in [0.3, 0.4) is 0 Å². The van der Waals surface area contributed by atoms with Crippen LogP contribution >= 0.6 is 23.6 Å². The van der Waals surface area contributed by atoms with E-state index in [4.69, 9.17) is 12.2 Å². The molecule has 0 spiro atoms. The van der Waals surface area contributed by atoms with Crippen LogP contribution in [0.1, 0.15) is 48.0 Å². The van der Waals surface area contributed by atoms with Gasteiger partial charge in [0.25, 0.3) is 5.91 Å². The fourth-order valence-electron chi connectivity index (χ4n) is 3.22. The number of hydrazine groups is 1. The predicted octanol–water partition coefficient (Wildman–Crippen LogP) is 3.81. The minimum Gasteiger partial charge on any atom is -0.358 e. The molecule has 2 aromatic rings. The molecule has 3 rings (SSSR count). The molecule has 0 bridgehead atoms. The highest BCUT2D eigenvalue weighted by Gasteiger charge is 2.22. The fraction of sp³-hybridized carbons (Fsp3) is 0.421. The Bertz CT molecular complexity index is 775. The predicted molar refractivity (Wildman–Crippen MR) is 110 cm³/mol. The van der Waals surface area contributed by atoms with E-state index >= 15 is 0 Å². The number of aryl methyl sites for hydroxylation is 1. The van der Waals surface area contributed by atoms with Gasteiger partial charge in [0.2, 0.25) is 0 Å². The van der Waals surface area contributed by atoms with Crippen LogP contribution in [-0.4, -0.2) is 22.0 Å². The molecular weight excluding hydrogens is 364 g/mol. The summed E-state index contributed by atoms with van der Waals surface area (Å²) in [5.41, 5.74) is 7.24. The summed E-state index contributed by atoms with van der Waals surface area (Å²) in [6.45, 7) is 4.09. The Morgan fingerprint density at radius 2 is 1.92 bits per heavy atom. The summed E-state index contributed by atoms with van der Waals surface area (Å²) in [5, 5.41) is 4.61. The highest BCUT2D eigenvalue weighted by Crippen LogP contribution is 2.27. The zero-order valence-corrected chi connectivity index (χ0v) is 16.7. The normalized spacial score (nSPS) is 19.6. The number of nitrogens with zero attached hydrogens (tertiary/aromatic N) is 1. The van der Waals surface area contributed by atoms with E-state index < -0.39 is 0 Å². The quantitative estimate of drug-likeness (QED) is 0.551. The maximum absolute atomic E-state index is 12.5. The summed E-state index contributed by atoms with van der Waals surface area (Å²) in [7, 11) is 0. The lowest BCUT2D eigenvalue weighted by Crippen LogP contribution is -2.51. The van der Waals surface area contributed by atoms with Gasteiger partial charge in [0.1, 0.15) is 9.88 Å². The van der Waals surface area contributed by atoms with E-state index in [1.807, 2.05) is 37.3 Å². The van der Waals surface area contributed by atoms with Gasteiger partial charge in [-0.1, -0.05) is 50.1 Å². The molecule has 5 nitrogen and oxygen atoms in total. The topological polar surface area (TPSA) is 66.0 Å². The van der Waals surface area contributed by atoms with Gasteiger partial charge < -0.3 is 5.32 Å². The molecule has 0 saturated heterocycles. The van der Waals surface area contributed by atoms with E-state index in [1.165, 1.54) is 30.6 Å². The number of carbonyl (C=O) groups excluding carboxylic acids is 1. The standard InChI is InChI=1S/C19H24N4OS2/c1-12-8-6-7-11-15(12)21-19(25)23-22-17(24)16-13(2)20-18(26-16)14-9-4-3-5-10-14/h3-5,9-10,12,15H,6-8,11H2,1-2H3,(H,22,24)(H2,21,23,25)/t12-,15+/m0/s1. The van der Waals surface area contributed by atoms with Crippen molar-refractivity contribution in [3.05, 3.63) is 40.9 Å². The number of hydrogen-bond acceptors (Lipinski definition) is 4. The van der Waals surface area contributed by atoms with Gasteiger partial charge in [-0.15, -0.1) is 11.3 Å². The van der Waals surface area contributed by atoms with Crippen LogP contribution in [0, 0.1) is 12.8 Å². The Morgan fingerprint density at radius 1 is 1.19 bits per heavy atom. The number of rotatable bonds is 3.